The van der Waals surface area contributed by atoms with Crippen LogP contribution in [0.25, 0.3) is 0 Å². The second kappa shape index (κ2) is 6.15. The first-order valence-corrected chi connectivity index (χ1v) is 9.14. The van der Waals surface area contributed by atoms with E-state index in [1.54, 1.807) is 34.6 Å². The first kappa shape index (κ1) is 20.6. The number of Topliss-reactive ketones (excluding diaryl/α,β-unsaturated/α-hetero) is 3. The first-order chi connectivity index (χ1) is 11.7. The van der Waals surface area contributed by atoms with E-state index in [0.717, 1.165) is 5.57 Å². The van der Waals surface area contributed by atoms with Gasteiger partial charge in [0, 0.05) is 11.8 Å². The van der Waals surface area contributed by atoms with Crippen LogP contribution < -0.4 is 0 Å². The van der Waals surface area contributed by atoms with Crippen LogP contribution in [0.3, 0.4) is 0 Å². The largest absolute Gasteiger partial charge is 0.510 e. The van der Waals surface area contributed by atoms with Crippen LogP contribution in [-0.4, -0.2) is 33.2 Å². The Kier molecular flexibility index (Phi) is 4.87. The summed E-state index contributed by atoms with van der Waals surface area (Å²) in [5, 5.41) is 21.6. The second-order valence-electron chi connectivity index (χ2n) is 9.08. The molecule has 0 aliphatic heterocycles. The Labute approximate surface area is 155 Å². The molecule has 0 heterocycles. The maximum Gasteiger partial charge on any atom is 0.183 e. The molecule has 2 aliphatic rings. The molecule has 2 unspecified atom stereocenters. The molecular formula is C21H30O5. The molecule has 5 heteroatoms. The quantitative estimate of drug-likeness (QED) is 0.445. The number of rotatable bonds is 5. The number of ketones is 3. The summed E-state index contributed by atoms with van der Waals surface area (Å²) in [6.45, 7) is 11.8. The minimum Gasteiger partial charge on any atom is -0.510 e. The van der Waals surface area contributed by atoms with E-state index in [0.29, 0.717) is 0 Å². The SMILES string of the molecule is CC(C)=CCC12C[C@@H](C(C)(C)O)C(C)(C1=O)C(O)=C(C(=O)C(C)C)C2=O. The number of hydrogen-bond donors (Lipinski definition) is 2. The van der Waals surface area contributed by atoms with Crippen molar-refractivity contribution in [1.82, 2.24) is 0 Å². The Hall–Kier alpha value is -1.75. The van der Waals surface area contributed by atoms with Crippen LogP contribution in [0, 0.1) is 22.7 Å². The Morgan fingerprint density at radius 2 is 1.85 bits per heavy atom. The molecule has 3 atom stereocenters. The minimum atomic E-state index is -1.44. The van der Waals surface area contributed by atoms with Crippen LogP contribution in [0.4, 0.5) is 0 Å². The Morgan fingerprint density at radius 1 is 1.31 bits per heavy atom. The van der Waals surface area contributed by atoms with Crippen molar-refractivity contribution in [3.63, 3.8) is 0 Å². The summed E-state index contributed by atoms with van der Waals surface area (Å²) >= 11 is 0. The number of carbonyl (C=O) groups excluding carboxylic acids is 3. The highest BCUT2D eigenvalue weighted by Crippen LogP contribution is 2.62. The molecule has 0 aromatic rings. The van der Waals surface area contributed by atoms with Gasteiger partial charge in [0.1, 0.15) is 11.3 Å². The van der Waals surface area contributed by atoms with Crippen LogP contribution in [0.1, 0.15) is 61.3 Å². The maximum atomic E-state index is 13.4. The lowest BCUT2D eigenvalue weighted by Gasteiger charge is -2.39. The van der Waals surface area contributed by atoms with E-state index < -0.39 is 51.4 Å². The van der Waals surface area contributed by atoms with Gasteiger partial charge in [-0.3, -0.25) is 14.4 Å². The van der Waals surface area contributed by atoms with Gasteiger partial charge in [-0.2, -0.15) is 0 Å². The topological polar surface area (TPSA) is 91.7 Å². The van der Waals surface area contributed by atoms with Gasteiger partial charge in [-0.15, -0.1) is 0 Å². The predicted molar refractivity (Wildman–Crippen MR) is 98.5 cm³/mol. The monoisotopic (exact) mass is 362 g/mol. The average molecular weight is 362 g/mol. The Bertz CT molecular complexity index is 730. The van der Waals surface area contributed by atoms with Crippen molar-refractivity contribution in [2.75, 3.05) is 0 Å². The maximum absolute atomic E-state index is 13.4. The van der Waals surface area contributed by atoms with E-state index in [1.165, 1.54) is 0 Å². The van der Waals surface area contributed by atoms with Gasteiger partial charge in [0.05, 0.1) is 16.4 Å². The van der Waals surface area contributed by atoms with Crippen molar-refractivity contribution < 1.29 is 24.6 Å². The van der Waals surface area contributed by atoms with Crippen LogP contribution in [0.2, 0.25) is 0 Å². The van der Waals surface area contributed by atoms with E-state index in [9.17, 15) is 24.6 Å². The van der Waals surface area contributed by atoms with Crippen molar-refractivity contribution in [2.45, 2.75) is 66.9 Å². The molecule has 1 fully saturated rings. The highest BCUT2D eigenvalue weighted by Gasteiger charge is 2.71. The molecule has 0 amide bonds. The zero-order valence-corrected chi connectivity index (χ0v) is 16.8. The van der Waals surface area contributed by atoms with E-state index in [2.05, 4.69) is 0 Å². The average Bonchev–Trinajstić information content (AvgIpc) is 2.71. The summed E-state index contributed by atoms with van der Waals surface area (Å²) in [6, 6.07) is 0. The molecule has 0 saturated heterocycles. The third-order valence-corrected chi connectivity index (χ3v) is 6.03. The molecule has 26 heavy (non-hydrogen) atoms. The van der Waals surface area contributed by atoms with Gasteiger partial charge in [-0.05, 0) is 47.5 Å². The minimum absolute atomic E-state index is 0.118. The molecule has 2 N–H and O–H groups in total. The lowest BCUT2D eigenvalue weighted by molar-refractivity contribution is -0.144. The summed E-state index contributed by atoms with van der Waals surface area (Å²) in [4.78, 5) is 39.4. The highest BCUT2D eigenvalue weighted by atomic mass is 16.3. The molecule has 0 spiro atoms. The van der Waals surface area contributed by atoms with Crippen LogP contribution in [0.15, 0.2) is 23.0 Å². The van der Waals surface area contributed by atoms with Gasteiger partial charge in [0.15, 0.2) is 17.3 Å². The van der Waals surface area contributed by atoms with Gasteiger partial charge in [0.25, 0.3) is 0 Å². The lowest BCUT2D eigenvalue weighted by atomic mass is 9.63. The molecule has 144 valence electrons. The van der Waals surface area contributed by atoms with E-state index in [4.69, 9.17) is 0 Å². The molecule has 1 saturated carbocycles. The van der Waals surface area contributed by atoms with Gasteiger partial charge >= 0.3 is 0 Å². The number of aliphatic hydroxyl groups is 2. The van der Waals surface area contributed by atoms with Crippen molar-refractivity contribution in [3.8, 4) is 0 Å². The van der Waals surface area contributed by atoms with Gasteiger partial charge in [-0.1, -0.05) is 25.5 Å². The fourth-order valence-electron chi connectivity index (χ4n) is 4.50. The summed E-state index contributed by atoms with van der Waals surface area (Å²) in [7, 11) is 0. The second-order valence-corrected chi connectivity index (χ2v) is 9.08. The van der Waals surface area contributed by atoms with E-state index in [-0.39, 0.29) is 18.4 Å². The predicted octanol–water partition coefficient (Wildman–Crippen LogP) is 3.32. The number of hydrogen-bond acceptors (Lipinski definition) is 5. The normalized spacial score (nSPS) is 31.7. The molecule has 2 aliphatic carbocycles. The summed E-state index contributed by atoms with van der Waals surface area (Å²) < 4.78 is 0. The molecule has 5 nitrogen and oxygen atoms in total. The van der Waals surface area contributed by atoms with Crippen LogP contribution in [-0.2, 0) is 14.4 Å². The first-order valence-electron chi connectivity index (χ1n) is 9.14. The summed E-state index contributed by atoms with van der Waals surface area (Å²) in [5.74, 6) is -3.05. The third kappa shape index (κ3) is 2.68. The zero-order valence-electron chi connectivity index (χ0n) is 16.8. The van der Waals surface area contributed by atoms with Gasteiger partial charge < -0.3 is 10.2 Å². The number of fused-ring (bicyclic) bond motifs is 2. The van der Waals surface area contributed by atoms with Crippen molar-refractivity contribution in [3.05, 3.63) is 23.0 Å². The van der Waals surface area contributed by atoms with Gasteiger partial charge in [-0.25, -0.2) is 0 Å². The zero-order chi connectivity index (χ0) is 20.2. The van der Waals surface area contributed by atoms with Crippen LogP contribution >= 0.6 is 0 Å². The Morgan fingerprint density at radius 3 is 2.27 bits per heavy atom. The Balaban J connectivity index is 2.80. The van der Waals surface area contributed by atoms with Crippen LogP contribution in [0.5, 0.6) is 0 Å². The number of allylic oxidation sites excluding steroid dienone is 4. The highest BCUT2D eigenvalue weighted by molar-refractivity contribution is 6.32. The number of carbonyl (C=O) groups is 3. The lowest BCUT2D eigenvalue weighted by Crippen LogP contribution is -2.50. The molecule has 2 rings (SSSR count). The van der Waals surface area contributed by atoms with E-state index in [1.807, 2.05) is 19.9 Å². The molecule has 0 aromatic carbocycles. The summed E-state index contributed by atoms with van der Waals surface area (Å²) in [5.41, 5.74) is -3.42. The smallest absolute Gasteiger partial charge is 0.183 e. The van der Waals surface area contributed by atoms with E-state index >= 15 is 0 Å². The third-order valence-electron chi connectivity index (χ3n) is 6.03. The molecule has 0 aromatic heterocycles. The fourth-order valence-corrected chi connectivity index (χ4v) is 4.50. The fraction of sp³-hybridized carbons (Fsp3) is 0.667. The molecule has 0 radical (unpaired) electrons. The summed E-state index contributed by atoms with van der Waals surface area (Å²) in [6.07, 6.45) is 2.12. The van der Waals surface area contributed by atoms with Crippen molar-refractivity contribution in [2.24, 2.45) is 22.7 Å². The van der Waals surface area contributed by atoms with Gasteiger partial charge in [0.2, 0.25) is 0 Å². The molecular weight excluding hydrogens is 332 g/mol. The van der Waals surface area contributed by atoms with Crippen molar-refractivity contribution in [1.29, 1.82) is 0 Å². The van der Waals surface area contributed by atoms with Crippen molar-refractivity contribution >= 4 is 17.3 Å². The molecule has 2 bridgehead atoms. The standard InChI is InChI=1S/C21H30O5/c1-11(2)8-9-21-10-13(19(5,6)26)20(7,18(21)25)16(23)14(17(21)24)15(22)12(3)4/h8,12-13,23,26H,9-10H2,1-7H3/t13-,20?,21?/m0/s1. The number of aliphatic hydroxyl groups excluding tert-OH is 1.